The average molecular weight is 332 g/mol. The average Bonchev–Trinajstić information content (AvgIpc) is 3.11. The van der Waals surface area contributed by atoms with Crippen LogP contribution < -0.4 is 10.2 Å². The second-order valence-corrected chi connectivity index (χ2v) is 5.86. The molecule has 1 amide bonds. The largest absolute Gasteiger partial charge is 0.442 e. The number of hydrogen-bond donors (Lipinski definition) is 1. The number of nitrogens with zero attached hydrogens (tertiary/aromatic N) is 3. The normalized spacial score (nSPS) is 17.2. The Kier molecular flexibility index (Phi) is 4.24. The number of aromatic nitrogens is 2. The molecular weight excluding hydrogens is 316 g/mol. The first-order chi connectivity index (χ1) is 11.0. The second kappa shape index (κ2) is 6.33. The van der Waals surface area contributed by atoms with Gasteiger partial charge in [-0.3, -0.25) is 4.90 Å². The van der Waals surface area contributed by atoms with Crippen molar-refractivity contribution < 1.29 is 14.1 Å². The van der Waals surface area contributed by atoms with Gasteiger partial charge in [-0.25, -0.2) is 4.79 Å². The topological polar surface area (TPSA) is 80.5 Å². The lowest BCUT2D eigenvalue weighted by Gasteiger charge is -2.13. The van der Waals surface area contributed by atoms with Gasteiger partial charge in [0.15, 0.2) is 5.82 Å². The molecule has 1 aromatic heterocycles. The van der Waals surface area contributed by atoms with E-state index >= 15 is 0 Å². The number of hydrogen-bond acceptors (Lipinski definition) is 6. The van der Waals surface area contributed by atoms with Crippen LogP contribution in [0.2, 0.25) is 0 Å². The van der Waals surface area contributed by atoms with Crippen molar-refractivity contribution in [2.45, 2.75) is 20.0 Å². The molecule has 1 atom stereocenters. The van der Waals surface area contributed by atoms with Crippen LogP contribution in [-0.2, 0) is 4.74 Å². The van der Waals surface area contributed by atoms with Crippen LogP contribution in [0, 0.1) is 6.92 Å². The lowest BCUT2D eigenvalue weighted by Crippen LogP contribution is -2.32. The van der Waals surface area contributed by atoms with Crippen molar-refractivity contribution in [1.82, 2.24) is 15.5 Å². The predicted octanol–water partition coefficient (Wildman–Crippen LogP) is 2.31. The Hall–Kier alpha value is -2.48. The van der Waals surface area contributed by atoms with Gasteiger partial charge >= 0.3 is 6.09 Å². The Balaban J connectivity index is 1.69. The number of rotatable bonds is 4. The third kappa shape index (κ3) is 3.48. The second-order valence-electron chi connectivity index (χ2n) is 5.25. The number of carbonyl (C=O) groups excluding carboxylic acids is 1. The molecule has 2 aromatic rings. The van der Waals surface area contributed by atoms with Crippen LogP contribution in [0.25, 0.3) is 11.5 Å². The summed E-state index contributed by atoms with van der Waals surface area (Å²) < 4.78 is 10.4. The highest BCUT2D eigenvalue weighted by Gasteiger charge is 2.32. The van der Waals surface area contributed by atoms with Gasteiger partial charge in [-0.15, -0.1) is 0 Å². The standard InChI is InChI=1S/C15H16N4O3S/c1-9-17-14(22-18-9)11-3-5-12(6-4-11)19-8-13(21-15(19)20)7-16-10(2)23/h3-6,13H,7-8H2,1-2H3,(H,16,23)/t13-/m0/s1. The summed E-state index contributed by atoms with van der Waals surface area (Å²) in [6.45, 7) is 4.55. The zero-order valence-electron chi connectivity index (χ0n) is 12.8. The minimum absolute atomic E-state index is 0.223. The number of benzene rings is 1. The van der Waals surface area contributed by atoms with Crippen LogP contribution in [0.4, 0.5) is 10.5 Å². The summed E-state index contributed by atoms with van der Waals surface area (Å²) in [6, 6.07) is 7.33. The number of nitrogens with one attached hydrogen (secondary N) is 1. The number of anilines is 1. The fraction of sp³-hybridized carbons (Fsp3) is 0.333. The third-order valence-corrected chi connectivity index (χ3v) is 3.55. The summed E-state index contributed by atoms with van der Waals surface area (Å²) in [5, 5.41) is 6.77. The molecular formula is C15H16N4O3S. The van der Waals surface area contributed by atoms with Gasteiger partial charge < -0.3 is 14.6 Å². The summed E-state index contributed by atoms with van der Waals surface area (Å²) in [4.78, 5) is 18.4. The minimum atomic E-state index is -0.361. The molecule has 120 valence electrons. The molecule has 0 radical (unpaired) electrons. The quantitative estimate of drug-likeness (QED) is 0.860. The molecule has 0 saturated carbocycles. The zero-order valence-corrected chi connectivity index (χ0v) is 13.6. The fourth-order valence-electron chi connectivity index (χ4n) is 2.29. The molecule has 0 unspecified atom stereocenters. The maximum Gasteiger partial charge on any atom is 0.414 e. The van der Waals surface area contributed by atoms with Crippen LogP contribution in [-0.4, -0.2) is 40.4 Å². The van der Waals surface area contributed by atoms with Crippen LogP contribution in [0.5, 0.6) is 0 Å². The van der Waals surface area contributed by atoms with E-state index < -0.39 is 0 Å². The van der Waals surface area contributed by atoms with E-state index in [1.165, 1.54) is 0 Å². The van der Waals surface area contributed by atoms with Crippen molar-refractivity contribution in [2.24, 2.45) is 0 Å². The van der Waals surface area contributed by atoms with Crippen molar-refractivity contribution >= 4 is 29.0 Å². The van der Waals surface area contributed by atoms with Crippen molar-refractivity contribution in [3.63, 3.8) is 0 Å². The van der Waals surface area contributed by atoms with E-state index in [0.717, 1.165) is 11.3 Å². The van der Waals surface area contributed by atoms with E-state index in [1.807, 2.05) is 24.3 Å². The highest BCUT2D eigenvalue weighted by Crippen LogP contribution is 2.25. The number of ether oxygens (including phenoxy) is 1. The number of aryl methyl sites for hydroxylation is 1. The van der Waals surface area contributed by atoms with E-state index in [4.69, 9.17) is 21.5 Å². The van der Waals surface area contributed by atoms with Gasteiger partial charge in [-0.2, -0.15) is 4.98 Å². The van der Waals surface area contributed by atoms with E-state index in [9.17, 15) is 4.79 Å². The first kappa shape index (κ1) is 15.4. The molecule has 0 spiro atoms. The minimum Gasteiger partial charge on any atom is -0.442 e. The fourth-order valence-corrected chi connectivity index (χ4v) is 2.38. The Morgan fingerprint density at radius 3 is 2.78 bits per heavy atom. The molecule has 1 fully saturated rings. The molecule has 7 nitrogen and oxygen atoms in total. The SMILES string of the molecule is CC(=S)NC[C@H]1CN(c2ccc(-c3nc(C)no3)cc2)C(=O)O1. The molecule has 23 heavy (non-hydrogen) atoms. The predicted molar refractivity (Wildman–Crippen MR) is 88.4 cm³/mol. The van der Waals surface area contributed by atoms with E-state index in [1.54, 1.807) is 18.7 Å². The summed E-state index contributed by atoms with van der Waals surface area (Å²) in [5.74, 6) is 1.04. The van der Waals surface area contributed by atoms with E-state index in [2.05, 4.69) is 15.5 Å². The van der Waals surface area contributed by atoms with Gasteiger partial charge in [0.05, 0.1) is 18.1 Å². The molecule has 1 aliphatic heterocycles. The lowest BCUT2D eigenvalue weighted by atomic mass is 10.2. The summed E-state index contributed by atoms with van der Waals surface area (Å²) in [6.07, 6.45) is -0.584. The lowest BCUT2D eigenvalue weighted by molar-refractivity contribution is 0.143. The Morgan fingerprint density at radius 2 is 2.17 bits per heavy atom. The molecule has 1 aliphatic rings. The van der Waals surface area contributed by atoms with Crippen molar-refractivity contribution in [3.05, 3.63) is 30.1 Å². The van der Waals surface area contributed by atoms with E-state index in [0.29, 0.717) is 29.8 Å². The molecule has 8 heteroatoms. The van der Waals surface area contributed by atoms with Crippen LogP contribution in [0.15, 0.2) is 28.8 Å². The highest BCUT2D eigenvalue weighted by atomic mass is 32.1. The van der Waals surface area contributed by atoms with Gasteiger partial charge in [0.25, 0.3) is 5.89 Å². The molecule has 0 aliphatic carbocycles. The number of amides is 1. The molecule has 2 heterocycles. The summed E-state index contributed by atoms with van der Waals surface area (Å²) in [5.41, 5.74) is 1.56. The van der Waals surface area contributed by atoms with Gasteiger partial charge in [0, 0.05) is 11.3 Å². The Bertz CT molecular complexity index is 729. The van der Waals surface area contributed by atoms with E-state index in [-0.39, 0.29) is 12.2 Å². The molecule has 1 saturated heterocycles. The van der Waals surface area contributed by atoms with Crippen molar-refractivity contribution in [1.29, 1.82) is 0 Å². The van der Waals surface area contributed by atoms with Gasteiger partial charge in [-0.05, 0) is 38.1 Å². The zero-order chi connectivity index (χ0) is 16.4. The monoisotopic (exact) mass is 332 g/mol. The van der Waals surface area contributed by atoms with Gasteiger partial charge in [0.2, 0.25) is 0 Å². The highest BCUT2D eigenvalue weighted by molar-refractivity contribution is 7.80. The Morgan fingerprint density at radius 1 is 1.43 bits per heavy atom. The first-order valence-corrected chi connectivity index (χ1v) is 7.57. The van der Waals surface area contributed by atoms with Crippen molar-refractivity contribution in [2.75, 3.05) is 18.0 Å². The van der Waals surface area contributed by atoms with Gasteiger partial charge in [0.1, 0.15) is 6.10 Å². The maximum atomic E-state index is 12.0. The number of thiocarbonyl (C=S) groups is 1. The number of carbonyl (C=O) groups is 1. The third-order valence-electron chi connectivity index (χ3n) is 3.41. The number of cyclic esters (lactones) is 1. The smallest absolute Gasteiger partial charge is 0.414 e. The molecule has 1 N–H and O–H groups in total. The molecule has 0 bridgehead atoms. The van der Waals surface area contributed by atoms with Gasteiger partial charge in [-0.1, -0.05) is 17.4 Å². The summed E-state index contributed by atoms with van der Waals surface area (Å²) in [7, 11) is 0. The summed E-state index contributed by atoms with van der Waals surface area (Å²) >= 11 is 4.96. The Labute approximate surface area is 138 Å². The van der Waals surface area contributed by atoms with Crippen LogP contribution in [0.1, 0.15) is 12.7 Å². The van der Waals surface area contributed by atoms with Crippen LogP contribution in [0.3, 0.4) is 0 Å². The first-order valence-electron chi connectivity index (χ1n) is 7.16. The molecule has 3 rings (SSSR count). The molecule has 1 aromatic carbocycles. The van der Waals surface area contributed by atoms with Crippen LogP contribution >= 0.6 is 12.2 Å². The van der Waals surface area contributed by atoms with Crippen molar-refractivity contribution in [3.8, 4) is 11.5 Å². The maximum absolute atomic E-state index is 12.0.